The molecule has 0 fully saturated rings. The third-order valence-electron chi connectivity index (χ3n) is 2.28. The van der Waals surface area contributed by atoms with Crippen LogP contribution in [0, 0.1) is 10.1 Å². The summed E-state index contributed by atoms with van der Waals surface area (Å²) in [6.45, 7) is 0. The molecule has 0 aliphatic carbocycles. The second-order valence-electron chi connectivity index (χ2n) is 3.43. The Kier molecular flexibility index (Phi) is 2.77. The number of nitrogens with zero attached hydrogens (tertiary/aromatic N) is 3. The fourth-order valence-electron chi connectivity index (χ4n) is 1.49. The van der Waals surface area contributed by atoms with E-state index in [0.717, 1.165) is 16.7 Å². The van der Waals surface area contributed by atoms with Gasteiger partial charge in [0.15, 0.2) is 0 Å². The van der Waals surface area contributed by atoms with Crippen LogP contribution in [0.1, 0.15) is 5.56 Å². The van der Waals surface area contributed by atoms with E-state index in [2.05, 4.69) is 4.98 Å². The van der Waals surface area contributed by atoms with Crippen LogP contribution in [0.25, 0.3) is 5.69 Å². The molecule has 5 nitrogen and oxygen atoms in total. The Morgan fingerprint density at radius 1 is 1.33 bits per heavy atom. The minimum Gasteiger partial charge on any atom is -0.306 e. The third-order valence-corrected chi connectivity index (χ3v) is 2.28. The summed E-state index contributed by atoms with van der Waals surface area (Å²) in [5.74, 6) is 0. The molecule has 18 heavy (non-hydrogen) atoms. The average molecular weight is 257 g/mol. The second-order valence-corrected chi connectivity index (χ2v) is 3.43. The standard InChI is InChI=1S/C10H6F3N3O2/c11-10(12,13)8-5-7(16(17)18)1-2-9(8)15-4-3-14-6-15/h1-6H. The van der Waals surface area contributed by atoms with Crippen molar-refractivity contribution in [3.8, 4) is 5.69 Å². The van der Waals surface area contributed by atoms with Crippen molar-refractivity contribution in [2.24, 2.45) is 0 Å². The number of rotatable bonds is 2. The summed E-state index contributed by atoms with van der Waals surface area (Å²) >= 11 is 0. The molecule has 1 heterocycles. The molecule has 94 valence electrons. The van der Waals surface area contributed by atoms with Gasteiger partial charge in [0.05, 0.1) is 22.5 Å². The Morgan fingerprint density at radius 2 is 2.06 bits per heavy atom. The molecule has 0 atom stereocenters. The Labute approximate surface area is 98.6 Å². The van der Waals surface area contributed by atoms with E-state index >= 15 is 0 Å². The van der Waals surface area contributed by atoms with Crippen molar-refractivity contribution in [1.29, 1.82) is 0 Å². The molecular formula is C10H6F3N3O2. The van der Waals surface area contributed by atoms with Gasteiger partial charge in [0.25, 0.3) is 5.69 Å². The van der Waals surface area contributed by atoms with Gasteiger partial charge in [0.2, 0.25) is 0 Å². The topological polar surface area (TPSA) is 61.0 Å². The van der Waals surface area contributed by atoms with Crippen LogP contribution in [0.2, 0.25) is 0 Å². The summed E-state index contributed by atoms with van der Waals surface area (Å²) in [6.07, 6.45) is -0.833. The zero-order valence-corrected chi connectivity index (χ0v) is 8.76. The number of imidazole rings is 1. The lowest BCUT2D eigenvalue weighted by molar-refractivity contribution is -0.385. The van der Waals surface area contributed by atoms with Crippen LogP contribution in [0.5, 0.6) is 0 Å². The maximum Gasteiger partial charge on any atom is 0.418 e. The predicted molar refractivity (Wildman–Crippen MR) is 55.2 cm³/mol. The van der Waals surface area contributed by atoms with Crippen molar-refractivity contribution in [3.63, 3.8) is 0 Å². The van der Waals surface area contributed by atoms with E-state index in [1.54, 1.807) is 0 Å². The maximum absolute atomic E-state index is 12.8. The molecule has 0 bridgehead atoms. The highest BCUT2D eigenvalue weighted by Crippen LogP contribution is 2.35. The smallest absolute Gasteiger partial charge is 0.306 e. The molecule has 0 unspecified atom stereocenters. The van der Waals surface area contributed by atoms with Crippen molar-refractivity contribution in [2.45, 2.75) is 6.18 Å². The van der Waals surface area contributed by atoms with Gasteiger partial charge in [-0.05, 0) is 6.07 Å². The summed E-state index contributed by atoms with van der Waals surface area (Å²) in [5, 5.41) is 10.5. The van der Waals surface area contributed by atoms with Crippen LogP contribution in [-0.2, 0) is 6.18 Å². The van der Waals surface area contributed by atoms with Crippen LogP contribution in [-0.4, -0.2) is 14.5 Å². The number of non-ortho nitro benzene ring substituents is 1. The van der Waals surface area contributed by atoms with E-state index in [1.807, 2.05) is 0 Å². The molecule has 2 rings (SSSR count). The number of hydrogen-bond donors (Lipinski definition) is 0. The molecule has 0 amide bonds. The molecule has 0 aliphatic rings. The maximum atomic E-state index is 12.8. The lowest BCUT2D eigenvalue weighted by Crippen LogP contribution is -2.10. The number of halogens is 3. The monoisotopic (exact) mass is 257 g/mol. The zero-order valence-electron chi connectivity index (χ0n) is 8.76. The molecule has 0 radical (unpaired) electrons. The number of alkyl halides is 3. The first-order valence-corrected chi connectivity index (χ1v) is 4.73. The molecule has 8 heteroatoms. The number of benzene rings is 1. The molecule has 0 saturated carbocycles. The van der Waals surface area contributed by atoms with E-state index in [-0.39, 0.29) is 5.69 Å². The Hall–Kier alpha value is -2.38. The molecular weight excluding hydrogens is 251 g/mol. The minimum atomic E-state index is -4.67. The van der Waals surface area contributed by atoms with Gasteiger partial charge in [0.1, 0.15) is 0 Å². The average Bonchev–Trinajstić information content (AvgIpc) is 2.80. The molecule has 0 spiro atoms. The fraction of sp³-hybridized carbons (Fsp3) is 0.100. The Balaban J connectivity index is 2.64. The zero-order chi connectivity index (χ0) is 13.3. The van der Waals surface area contributed by atoms with Gasteiger partial charge in [-0.3, -0.25) is 10.1 Å². The minimum absolute atomic E-state index is 0.203. The summed E-state index contributed by atoms with van der Waals surface area (Å²) in [6, 6.07) is 2.57. The number of aromatic nitrogens is 2. The second kappa shape index (κ2) is 4.13. The summed E-state index contributed by atoms with van der Waals surface area (Å²) in [5.41, 5.74) is -1.88. The van der Waals surface area contributed by atoms with Crippen LogP contribution < -0.4 is 0 Å². The number of hydrogen-bond acceptors (Lipinski definition) is 3. The normalized spacial score (nSPS) is 11.5. The number of nitro benzene ring substituents is 1. The van der Waals surface area contributed by atoms with Crippen LogP contribution in [0.3, 0.4) is 0 Å². The lowest BCUT2D eigenvalue weighted by atomic mass is 10.1. The molecule has 2 aromatic rings. The SMILES string of the molecule is O=[N+]([O-])c1ccc(-n2ccnc2)c(C(F)(F)F)c1. The lowest BCUT2D eigenvalue weighted by Gasteiger charge is -2.12. The summed E-state index contributed by atoms with van der Waals surface area (Å²) < 4.78 is 39.6. The highest BCUT2D eigenvalue weighted by molar-refractivity contribution is 5.49. The third kappa shape index (κ3) is 2.17. The van der Waals surface area contributed by atoms with Gasteiger partial charge in [-0.25, -0.2) is 4.98 Å². The van der Waals surface area contributed by atoms with E-state index in [0.29, 0.717) is 6.07 Å². The van der Waals surface area contributed by atoms with E-state index < -0.39 is 22.4 Å². The van der Waals surface area contributed by atoms with E-state index in [4.69, 9.17) is 0 Å². The molecule has 1 aromatic carbocycles. The van der Waals surface area contributed by atoms with Gasteiger partial charge in [-0.2, -0.15) is 13.2 Å². The number of nitro groups is 1. The first-order chi connectivity index (χ1) is 8.39. The Morgan fingerprint density at radius 3 is 2.56 bits per heavy atom. The summed E-state index contributed by atoms with van der Waals surface area (Å²) in [4.78, 5) is 13.3. The van der Waals surface area contributed by atoms with Crippen molar-refractivity contribution in [3.05, 3.63) is 52.6 Å². The van der Waals surface area contributed by atoms with Crippen LogP contribution >= 0.6 is 0 Å². The van der Waals surface area contributed by atoms with Crippen molar-refractivity contribution in [1.82, 2.24) is 9.55 Å². The largest absolute Gasteiger partial charge is 0.418 e. The van der Waals surface area contributed by atoms with Crippen LogP contribution in [0.15, 0.2) is 36.9 Å². The molecule has 0 aliphatic heterocycles. The summed E-state index contributed by atoms with van der Waals surface area (Å²) in [7, 11) is 0. The highest BCUT2D eigenvalue weighted by atomic mass is 19.4. The van der Waals surface area contributed by atoms with Gasteiger partial charge in [-0.1, -0.05) is 0 Å². The van der Waals surface area contributed by atoms with Crippen LogP contribution in [0.4, 0.5) is 18.9 Å². The molecule has 1 aromatic heterocycles. The van der Waals surface area contributed by atoms with E-state index in [1.165, 1.54) is 18.7 Å². The van der Waals surface area contributed by atoms with Crippen molar-refractivity contribution >= 4 is 5.69 Å². The first kappa shape index (κ1) is 12.1. The van der Waals surface area contributed by atoms with Crippen molar-refractivity contribution < 1.29 is 18.1 Å². The van der Waals surface area contributed by atoms with Gasteiger partial charge >= 0.3 is 6.18 Å². The van der Waals surface area contributed by atoms with Gasteiger partial charge < -0.3 is 4.57 Å². The molecule has 0 saturated heterocycles. The predicted octanol–water partition coefficient (Wildman–Crippen LogP) is 2.80. The quantitative estimate of drug-likeness (QED) is 0.613. The Bertz CT molecular complexity index is 579. The highest BCUT2D eigenvalue weighted by Gasteiger charge is 2.35. The molecule has 0 N–H and O–H groups in total. The first-order valence-electron chi connectivity index (χ1n) is 4.73. The van der Waals surface area contributed by atoms with E-state index in [9.17, 15) is 23.3 Å². The van der Waals surface area contributed by atoms with Crippen molar-refractivity contribution in [2.75, 3.05) is 0 Å². The van der Waals surface area contributed by atoms with Gasteiger partial charge in [0, 0.05) is 24.5 Å². The van der Waals surface area contributed by atoms with Gasteiger partial charge in [-0.15, -0.1) is 0 Å². The fourth-order valence-corrected chi connectivity index (χ4v) is 1.49.